The third-order valence-electron chi connectivity index (χ3n) is 4.02. The van der Waals surface area contributed by atoms with Crippen LogP contribution in [0.2, 0.25) is 0 Å². The van der Waals surface area contributed by atoms with Crippen molar-refractivity contribution in [3.05, 3.63) is 47.5 Å². The van der Waals surface area contributed by atoms with Crippen LogP contribution in [-0.2, 0) is 11.2 Å². The number of nitrogens with one attached hydrogen (secondary N) is 1. The number of carbonyl (C=O) groups is 2. The monoisotopic (exact) mass is 373 g/mol. The number of rotatable bonds is 9. The lowest BCUT2D eigenvalue weighted by Gasteiger charge is -2.15. The van der Waals surface area contributed by atoms with Crippen LogP contribution in [0.15, 0.2) is 36.4 Å². The highest BCUT2D eigenvalue weighted by molar-refractivity contribution is 6.42. The summed E-state index contributed by atoms with van der Waals surface area (Å²) in [6, 6.07) is 9.97. The molecule has 27 heavy (non-hydrogen) atoms. The van der Waals surface area contributed by atoms with Crippen molar-refractivity contribution < 1.29 is 28.5 Å². The minimum Gasteiger partial charge on any atom is -0.497 e. The average Bonchev–Trinajstić information content (AvgIpc) is 2.72. The van der Waals surface area contributed by atoms with Gasteiger partial charge < -0.3 is 24.3 Å². The second-order valence-corrected chi connectivity index (χ2v) is 5.56. The molecule has 0 bridgehead atoms. The Morgan fingerprint density at radius 1 is 0.815 bits per heavy atom. The van der Waals surface area contributed by atoms with Gasteiger partial charge in [0.1, 0.15) is 5.75 Å². The quantitative estimate of drug-likeness (QED) is 0.536. The van der Waals surface area contributed by atoms with E-state index in [-0.39, 0.29) is 6.54 Å². The molecule has 0 unspecified atom stereocenters. The minimum atomic E-state index is -0.667. The van der Waals surface area contributed by atoms with Crippen LogP contribution in [0.3, 0.4) is 0 Å². The number of ketones is 1. The molecule has 0 atom stereocenters. The molecule has 0 aromatic heterocycles. The molecule has 2 aromatic rings. The van der Waals surface area contributed by atoms with Crippen LogP contribution in [0, 0.1) is 0 Å². The van der Waals surface area contributed by atoms with Gasteiger partial charge in [-0.15, -0.1) is 0 Å². The van der Waals surface area contributed by atoms with Gasteiger partial charge in [0.05, 0.1) is 28.4 Å². The van der Waals surface area contributed by atoms with Gasteiger partial charge in [-0.05, 0) is 36.8 Å². The first-order valence-corrected chi connectivity index (χ1v) is 8.30. The molecule has 0 aliphatic heterocycles. The largest absolute Gasteiger partial charge is 0.497 e. The third kappa shape index (κ3) is 4.69. The maximum atomic E-state index is 12.2. The Balaban J connectivity index is 2.00. The van der Waals surface area contributed by atoms with E-state index in [9.17, 15) is 9.59 Å². The molecule has 0 saturated carbocycles. The first-order chi connectivity index (χ1) is 13.0. The molecule has 0 spiro atoms. The maximum absolute atomic E-state index is 12.2. The van der Waals surface area contributed by atoms with E-state index in [0.717, 1.165) is 5.56 Å². The Bertz CT molecular complexity index is 801. The van der Waals surface area contributed by atoms with Crippen molar-refractivity contribution in [2.24, 2.45) is 0 Å². The van der Waals surface area contributed by atoms with Gasteiger partial charge in [0.2, 0.25) is 11.5 Å². The molecule has 0 radical (unpaired) electrons. The van der Waals surface area contributed by atoms with Gasteiger partial charge in [0.15, 0.2) is 11.5 Å². The summed E-state index contributed by atoms with van der Waals surface area (Å²) in [5, 5.41) is 2.63. The standard InChI is InChI=1S/C20H23NO6/c1-24-15-8-5-13(6-9-15)17(22)20(23)21-12-11-14-7-10-16(25-2)19(27-4)18(14)26-3/h5-10H,11-12H2,1-4H3,(H,21,23). The van der Waals surface area contributed by atoms with Gasteiger partial charge in [0, 0.05) is 17.7 Å². The lowest BCUT2D eigenvalue weighted by molar-refractivity contribution is -0.116. The summed E-state index contributed by atoms with van der Waals surface area (Å²) in [5.74, 6) is 0.923. The van der Waals surface area contributed by atoms with Crippen LogP contribution >= 0.6 is 0 Å². The molecule has 0 fully saturated rings. The number of carbonyl (C=O) groups excluding carboxylic acids is 2. The van der Waals surface area contributed by atoms with Crippen molar-refractivity contribution in [3.63, 3.8) is 0 Å². The van der Waals surface area contributed by atoms with Crippen molar-refractivity contribution in [1.29, 1.82) is 0 Å². The van der Waals surface area contributed by atoms with Gasteiger partial charge in [-0.1, -0.05) is 6.07 Å². The molecule has 2 rings (SSSR count). The van der Waals surface area contributed by atoms with Gasteiger partial charge in [0.25, 0.3) is 5.91 Å². The average molecular weight is 373 g/mol. The van der Waals surface area contributed by atoms with Crippen molar-refractivity contribution in [3.8, 4) is 23.0 Å². The second-order valence-electron chi connectivity index (χ2n) is 5.56. The van der Waals surface area contributed by atoms with Crippen LogP contribution in [0.1, 0.15) is 15.9 Å². The fourth-order valence-electron chi connectivity index (χ4n) is 2.62. The second kappa shape index (κ2) is 9.47. The number of hydrogen-bond acceptors (Lipinski definition) is 6. The van der Waals surface area contributed by atoms with E-state index in [4.69, 9.17) is 18.9 Å². The van der Waals surface area contributed by atoms with Crippen LogP contribution in [0.4, 0.5) is 0 Å². The maximum Gasteiger partial charge on any atom is 0.292 e. The molecule has 0 aliphatic rings. The Morgan fingerprint density at radius 2 is 1.48 bits per heavy atom. The van der Waals surface area contributed by atoms with Crippen LogP contribution in [0.25, 0.3) is 0 Å². The summed E-state index contributed by atoms with van der Waals surface area (Å²) in [5.41, 5.74) is 1.13. The van der Waals surface area contributed by atoms with Crippen LogP contribution < -0.4 is 24.3 Å². The Labute approximate surface area is 158 Å². The fraction of sp³-hybridized carbons (Fsp3) is 0.300. The molecule has 144 valence electrons. The number of amides is 1. The summed E-state index contributed by atoms with van der Waals surface area (Å²) < 4.78 is 21.0. The van der Waals surface area contributed by atoms with Crippen molar-refractivity contribution in [1.82, 2.24) is 5.32 Å². The topological polar surface area (TPSA) is 83.1 Å². The summed E-state index contributed by atoms with van der Waals surface area (Å²) >= 11 is 0. The number of methoxy groups -OCH3 is 4. The van der Waals surface area contributed by atoms with Gasteiger partial charge >= 0.3 is 0 Å². The highest BCUT2D eigenvalue weighted by Gasteiger charge is 2.18. The van der Waals surface area contributed by atoms with E-state index in [1.807, 2.05) is 6.07 Å². The van der Waals surface area contributed by atoms with E-state index in [1.165, 1.54) is 21.3 Å². The van der Waals surface area contributed by atoms with Gasteiger partial charge in [-0.2, -0.15) is 0 Å². The number of ether oxygens (including phenoxy) is 4. The van der Waals surface area contributed by atoms with Crippen LogP contribution in [0.5, 0.6) is 23.0 Å². The predicted octanol–water partition coefficient (Wildman–Crippen LogP) is 2.26. The first kappa shape index (κ1) is 20.1. The fourth-order valence-corrected chi connectivity index (χ4v) is 2.62. The summed E-state index contributed by atoms with van der Waals surface area (Å²) in [6.07, 6.45) is 0.463. The van der Waals surface area contributed by atoms with Gasteiger partial charge in [-0.25, -0.2) is 0 Å². The smallest absolute Gasteiger partial charge is 0.292 e. The molecular formula is C20H23NO6. The molecule has 1 N–H and O–H groups in total. The zero-order valence-corrected chi connectivity index (χ0v) is 15.8. The number of benzene rings is 2. The highest BCUT2D eigenvalue weighted by Crippen LogP contribution is 2.39. The van der Waals surface area contributed by atoms with Crippen LogP contribution in [-0.4, -0.2) is 46.7 Å². The number of Topliss-reactive ketones (excluding diaryl/α,β-unsaturated/α-hetero) is 1. The Morgan fingerprint density at radius 3 is 2.04 bits per heavy atom. The summed E-state index contributed by atoms with van der Waals surface area (Å²) in [7, 11) is 6.14. The van der Waals surface area contributed by atoms with Crippen molar-refractivity contribution in [2.75, 3.05) is 35.0 Å². The normalized spacial score (nSPS) is 10.1. The lowest BCUT2D eigenvalue weighted by atomic mass is 10.1. The van der Waals surface area contributed by atoms with E-state index in [1.54, 1.807) is 37.4 Å². The molecular weight excluding hydrogens is 350 g/mol. The van der Waals surface area contributed by atoms with Crippen molar-refractivity contribution >= 4 is 11.7 Å². The predicted molar refractivity (Wildman–Crippen MR) is 100 cm³/mol. The highest BCUT2D eigenvalue weighted by atomic mass is 16.5. The van der Waals surface area contributed by atoms with E-state index in [2.05, 4.69) is 5.32 Å². The molecule has 0 heterocycles. The Hall–Kier alpha value is -3.22. The third-order valence-corrected chi connectivity index (χ3v) is 4.02. The minimum absolute atomic E-state index is 0.270. The SMILES string of the molecule is COc1ccc(C(=O)C(=O)NCCc2ccc(OC)c(OC)c2OC)cc1. The summed E-state index contributed by atoms with van der Waals surface area (Å²) in [4.78, 5) is 24.3. The van der Waals surface area contributed by atoms with E-state index >= 15 is 0 Å². The lowest BCUT2D eigenvalue weighted by Crippen LogP contribution is -2.32. The molecule has 0 saturated heterocycles. The van der Waals surface area contributed by atoms with E-state index < -0.39 is 11.7 Å². The van der Waals surface area contributed by atoms with Crippen molar-refractivity contribution in [2.45, 2.75) is 6.42 Å². The van der Waals surface area contributed by atoms with Gasteiger partial charge in [-0.3, -0.25) is 9.59 Å². The molecule has 7 heteroatoms. The molecule has 1 amide bonds. The number of hydrogen-bond donors (Lipinski definition) is 1. The zero-order chi connectivity index (χ0) is 19.8. The molecule has 0 aliphatic carbocycles. The zero-order valence-electron chi connectivity index (χ0n) is 15.8. The molecule has 7 nitrogen and oxygen atoms in total. The Kier molecular flexibility index (Phi) is 7.05. The molecule has 2 aromatic carbocycles. The van der Waals surface area contributed by atoms with E-state index in [0.29, 0.717) is 35.0 Å². The summed E-state index contributed by atoms with van der Waals surface area (Å²) in [6.45, 7) is 0.270. The first-order valence-electron chi connectivity index (χ1n) is 8.30.